The normalized spacial score (nSPS) is 12.2. The SMILES string of the molecule is Cc1cc(C(CC(c2ccc(C#CCO)cc2)c2ccccc2C)=NO)ccn1. The van der Waals surface area contributed by atoms with E-state index >= 15 is 0 Å². The molecule has 0 aliphatic carbocycles. The van der Waals surface area contributed by atoms with Crippen LogP contribution in [0.4, 0.5) is 0 Å². The van der Waals surface area contributed by atoms with Gasteiger partial charge in [-0.15, -0.1) is 0 Å². The highest BCUT2D eigenvalue weighted by Crippen LogP contribution is 2.32. The van der Waals surface area contributed by atoms with Crippen molar-refractivity contribution in [2.75, 3.05) is 6.61 Å². The van der Waals surface area contributed by atoms with Crippen molar-refractivity contribution < 1.29 is 10.3 Å². The number of pyridine rings is 1. The number of aryl methyl sites for hydroxylation is 2. The molecule has 0 aliphatic rings. The molecule has 1 unspecified atom stereocenters. The number of oxime groups is 1. The Hall–Kier alpha value is -3.42. The first-order chi connectivity index (χ1) is 14.1. The summed E-state index contributed by atoms with van der Waals surface area (Å²) in [6.45, 7) is 3.86. The first-order valence-electron chi connectivity index (χ1n) is 9.51. The molecule has 0 bridgehead atoms. The Kier molecular flexibility index (Phi) is 6.78. The maximum atomic E-state index is 9.75. The van der Waals surface area contributed by atoms with E-state index in [2.05, 4.69) is 41.0 Å². The zero-order valence-electron chi connectivity index (χ0n) is 16.6. The fourth-order valence-electron chi connectivity index (χ4n) is 3.46. The van der Waals surface area contributed by atoms with Gasteiger partial charge in [0, 0.05) is 35.4 Å². The van der Waals surface area contributed by atoms with E-state index in [4.69, 9.17) is 5.11 Å². The third kappa shape index (κ3) is 5.10. The molecule has 4 nitrogen and oxygen atoms in total. The molecule has 0 amide bonds. The summed E-state index contributed by atoms with van der Waals surface area (Å²) in [5, 5.41) is 22.3. The molecule has 0 radical (unpaired) electrons. The fraction of sp³-hybridized carbons (Fsp3) is 0.200. The highest BCUT2D eigenvalue weighted by molar-refractivity contribution is 6.00. The van der Waals surface area contributed by atoms with E-state index in [-0.39, 0.29) is 12.5 Å². The molecule has 3 rings (SSSR count). The van der Waals surface area contributed by atoms with Gasteiger partial charge in [-0.05, 0) is 54.8 Å². The lowest BCUT2D eigenvalue weighted by atomic mass is 9.83. The lowest BCUT2D eigenvalue weighted by Gasteiger charge is -2.21. The van der Waals surface area contributed by atoms with Crippen molar-refractivity contribution in [1.29, 1.82) is 0 Å². The number of hydrogen-bond donors (Lipinski definition) is 2. The molecule has 2 N–H and O–H groups in total. The fourth-order valence-corrected chi connectivity index (χ4v) is 3.46. The molecule has 0 aliphatic heterocycles. The zero-order valence-corrected chi connectivity index (χ0v) is 16.6. The van der Waals surface area contributed by atoms with Gasteiger partial charge in [0.25, 0.3) is 0 Å². The Morgan fingerprint density at radius 3 is 2.48 bits per heavy atom. The maximum absolute atomic E-state index is 9.75. The summed E-state index contributed by atoms with van der Waals surface area (Å²) < 4.78 is 0. The van der Waals surface area contributed by atoms with Gasteiger partial charge in [0.2, 0.25) is 0 Å². The average molecular weight is 384 g/mol. The molecule has 0 fully saturated rings. The smallest absolute Gasteiger partial charge is 0.104 e. The highest BCUT2D eigenvalue weighted by Gasteiger charge is 2.20. The predicted molar refractivity (Wildman–Crippen MR) is 115 cm³/mol. The van der Waals surface area contributed by atoms with Crippen molar-refractivity contribution in [3.8, 4) is 11.8 Å². The van der Waals surface area contributed by atoms with Gasteiger partial charge in [-0.1, -0.05) is 53.4 Å². The number of aromatic nitrogens is 1. The van der Waals surface area contributed by atoms with Crippen LogP contribution in [-0.4, -0.2) is 27.6 Å². The van der Waals surface area contributed by atoms with Gasteiger partial charge < -0.3 is 10.3 Å². The zero-order chi connectivity index (χ0) is 20.6. The quantitative estimate of drug-likeness (QED) is 0.296. The molecule has 0 saturated carbocycles. The standard InChI is InChI=1S/C25H24N2O2/c1-18-6-3-4-8-23(18)24(21-11-9-20(10-12-21)7-5-15-28)17-25(27-29)22-13-14-26-19(2)16-22/h3-4,6,8-14,16,24,28-29H,15,17H2,1-2H3. The summed E-state index contributed by atoms with van der Waals surface area (Å²) >= 11 is 0. The minimum absolute atomic E-state index is 0.0235. The number of aliphatic hydroxyl groups excluding tert-OH is 1. The molecule has 1 atom stereocenters. The van der Waals surface area contributed by atoms with E-state index in [9.17, 15) is 5.21 Å². The summed E-state index contributed by atoms with van der Waals surface area (Å²) in [5.41, 5.74) is 6.70. The molecular formula is C25H24N2O2. The third-order valence-corrected chi connectivity index (χ3v) is 4.94. The van der Waals surface area contributed by atoms with E-state index in [1.807, 2.05) is 55.5 Å². The highest BCUT2D eigenvalue weighted by atomic mass is 16.4. The van der Waals surface area contributed by atoms with Crippen LogP contribution in [0.15, 0.2) is 72.0 Å². The van der Waals surface area contributed by atoms with E-state index in [0.717, 1.165) is 22.4 Å². The number of hydrogen-bond acceptors (Lipinski definition) is 4. The third-order valence-electron chi connectivity index (χ3n) is 4.94. The van der Waals surface area contributed by atoms with E-state index in [0.29, 0.717) is 12.1 Å². The molecule has 2 aromatic carbocycles. The first-order valence-corrected chi connectivity index (χ1v) is 9.51. The molecule has 146 valence electrons. The second kappa shape index (κ2) is 9.68. The van der Waals surface area contributed by atoms with Crippen LogP contribution in [0.2, 0.25) is 0 Å². The van der Waals surface area contributed by atoms with Crippen molar-refractivity contribution >= 4 is 5.71 Å². The largest absolute Gasteiger partial charge is 0.411 e. The van der Waals surface area contributed by atoms with Gasteiger partial charge in [0.1, 0.15) is 6.61 Å². The Balaban J connectivity index is 2.01. The van der Waals surface area contributed by atoms with Crippen LogP contribution in [0.3, 0.4) is 0 Å². The summed E-state index contributed by atoms with van der Waals surface area (Å²) in [4.78, 5) is 4.23. The van der Waals surface area contributed by atoms with Crippen molar-refractivity contribution in [3.05, 3.63) is 100 Å². The molecule has 29 heavy (non-hydrogen) atoms. The summed E-state index contributed by atoms with van der Waals surface area (Å²) in [6, 6.07) is 20.1. The van der Waals surface area contributed by atoms with Crippen LogP contribution in [0.25, 0.3) is 0 Å². The van der Waals surface area contributed by atoms with Crippen LogP contribution in [0.1, 0.15) is 45.8 Å². The second-order valence-electron chi connectivity index (χ2n) is 6.93. The van der Waals surface area contributed by atoms with Crippen LogP contribution in [0, 0.1) is 25.7 Å². The minimum atomic E-state index is -0.157. The van der Waals surface area contributed by atoms with Gasteiger partial charge in [-0.2, -0.15) is 0 Å². The van der Waals surface area contributed by atoms with Crippen LogP contribution in [-0.2, 0) is 0 Å². The van der Waals surface area contributed by atoms with Crippen LogP contribution in [0.5, 0.6) is 0 Å². The predicted octanol–water partition coefficient (Wildman–Crippen LogP) is 4.44. The summed E-state index contributed by atoms with van der Waals surface area (Å²) in [7, 11) is 0. The Morgan fingerprint density at radius 1 is 1.07 bits per heavy atom. The molecule has 1 heterocycles. The molecule has 4 heteroatoms. The van der Waals surface area contributed by atoms with Gasteiger partial charge >= 0.3 is 0 Å². The van der Waals surface area contributed by atoms with Crippen LogP contribution >= 0.6 is 0 Å². The van der Waals surface area contributed by atoms with Crippen molar-refractivity contribution in [1.82, 2.24) is 4.98 Å². The molecule has 0 saturated heterocycles. The molecular weight excluding hydrogens is 360 g/mol. The Labute approximate surface area is 171 Å². The number of benzene rings is 2. The number of nitrogens with zero attached hydrogens (tertiary/aromatic N) is 2. The van der Waals surface area contributed by atoms with Crippen LogP contribution < -0.4 is 0 Å². The average Bonchev–Trinajstić information content (AvgIpc) is 2.74. The molecule has 3 aromatic rings. The van der Waals surface area contributed by atoms with E-state index in [1.165, 1.54) is 11.1 Å². The van der Waals surface area contributed by atoms with E-state index < -0.39 is 0 Å². The monoisotopic (exact) mass is 384 g/mol. The number of rotatable bonds is 5. The first kappa shape index (κ1) is 20.3. The van der Waals surface area contributed by atoms with Gasteiger partial charge in [-0.3, -0.25) is 4.98 Å². The van der Waals surface area contributed by atoms with E-state index in [1.54, 1.807) is 6.20 Å². The minimum Gasteiger partial charge on any atom is -0.411 e. The van der Waals surface area contributed by atoms with Gasteiger partial charge in [0.05, 0.1) is 5.71 Å². The molecule has 0 spiro atoms. The second-order valence-corrected chi connectivity index (χ2v) is 6.93. The summed E-state index contributed by atoms with van der Waals surface area (Å²) in [5.74, 6) is 5.62. The number of aliphatic hydroxyl groups is 1. The van der Waals surface area contributed by atoms with Crippen molar-refractivity contribution in [2.24, 2.45) is 5.16 Å². The lowest BCUT2D eigenvalue weighted by Crippen LogP contribution is -2.12. The lowest BCUT2D eigenvalue weighted by molar-refractivity contribution is 0.317. The summed E-state index contributed by atoms with van der Waals surface area (Å²) in [6.07, 6.45) is 2.28. The Bertz CT molecular complexity index is 1060. The molecule has 1 aromatic heterocycles. The van der Waals surface area contributed by atoms with Crippen molar-refractivity contribution in [2.45, 2.75) is 26.2 Å². The van der Waals surface area contributed by atoms with Gasteiger partial charge in [-0.25, -0.2) is 0 Å². The maximum Gasteiger partial charge on any atom is 0.104 e. The Morgan fingerprint density at radius 2 is 1.83 bits per heavy atom. The van der Waals surface area contributed by atoms with Crippen molar-refractivity contribution in [3.63, 3.8) is 0 Å². The van der Waals surface area contributed by atoms with Gasteiger partial charge in [0.15, 0.2) is 0 Å². The topological polar surface area (TPSA) is 65.7 Å².